The van der Waals surface area contributed by atoms with E-state index in [2.05, 4.69) is 17.1 Å². The zero-order chi connectivity index (χ0) is 10.5. The average Bonchev–Trinajstić information content (AvgIpc) is 2.71. The van der Waals surface area contributed by atoms with Crippen LogP contribution in [0.4, 0.5) is 0 Å². The highest BCUT2D eigenvalue weighted by molar-refractivity contribution is 5.80. The van der Waals surface area contributed by atoms with Crippen LogP contribution in [0.15, 0.2) is 30.3 Å². The molecule has 3 heteroatoms. The molecule has 1 saturated heterocycles. The van der Waals surface area contributed by atoms with Crippen molar-refractivity contribution in [3.05, 3.63) is 35.9 Å². The normalized spacial score (nSPS) is 26.5. The Bertz CT molecular complexity index is 567. The van der Waals surface area contributed by atoms with Crippen molar-refractivity contribution in [3.63, 3.8) is 0 Å². The Balaban J connectivity index is 1.99. The van der Waals surface area contributed by atoms with E-state index in [0.717, 1.165) is 28.8 Å². The highest BCUT2D eigenvalue weighted by atomic mass is 16.6. The molecule has 1 aromatic heterocycles. The topological polar surface area (TPSA) is 31.4 Å². The summed E-state index contributed by atoms with van der Waals surface area (Å²) in [5, 5.41) is 1.15. The monoisotopic (exact) mass is 213 g/mol. The SMILES string of the molecule is c1ccc2nc3c(cc2c1)C1CC(CO1)O3. The fourth-order valence-electron chi connectivity index (χ4n) is 2.49. The summed E-state index contributed by atoms with van der Waals surface area (Å²) in [5.74, 6) is 0.762. The third kappa shape index (κ3) is 1.09. The van der Waals surface area contributed by atoms with Crippen LogP contribution < -0.4 is 4.74 Å². The smallest absolute Gasteiger partial charge is 0.220 e. The first kappa shape index (κ1) is 8.53. The number of pyridine rings is 1. The molecule has 2 aromatic rings. The van der Waals surface area contributed by atoms with E-state index in [9.17, 15) is 0 Å². The van der Waals surface area contributed by atoms with Crippen LogP contribution in [0.25, 0.3) is 10.9 Å². The maximum atomic E-state index is 5.79. The lowest BCUT2D eigenvalue weighted by Crippen LogP contribution is -2.20. The maximum absolute atomic E-state index is 5.79. The van der Waals surface area contributed by atoms with Crippen molar-refractivity contribution < 1.29 is 9.47 Å². The van der Waals surface area contributed by atoms with E-state index in [4.69, 9.17) is 9.47 Å². The van der Waals surface area contributed by atoms with E-state index in [-0.39, 0.29) is 12.2 Å². The molecule has 0 aliphatic carbocycles. The zero-order valence-electron chi connectivity index (χ0n) is 8.72. The molecule has 2 aliphatic heterocycles. The van der Waals surface area contributed by atoms with Crippen molar-refractivity contribution in [2.45, 2.75) is 18.6 Å². The molecule has 1 aromatic carbocycles. The van der Waals surface area contributed by atoms with Gasteiger partial charge in [-0.1, -0.05) is 18.2 Å². The second kappa shape index (κ2) is 2.95. The molecule has 2 bridgehead atoms. The Morgan fingerprint density at radius 2 is 2.19 bits per heavy atom. The molecule has 0 spiro atoms. The minimum Gasteiger partial charge on any atom is -0.471 e. The second-order valence-corrected chi connectivity index (χ2v) is 4.37. The van der Waals surface area contributed by atoms with Gasteiger partial charge in [-0.2, -0.15) is 0 Å². The standard InChI is InChI=1S/C13H11NO2/c1-2-4-11-8(3-1)5-10-12-6-9(7-15-12)16-13(10)14-11/h1-5,9,12H,6-7H2. The molecule has 0 N–H and O–H groups in total. The minimum atomic E-state index is 0.186. The number of hydrogen-bond donors (Lipinski definition) is 0. The van der Waals surface area contributed by atoms with Crippen LogP contribution in [0, 0.1) is 0 Å². The van der Waals surface area contributed by atoms with Gasteiger partial charge in [0, 0.05) is 17.4 Å². The predicted octanol–water partition coefficient (Wildman–Crippen LogP) is 2.46. The number of rotatable bonds is 0. The molecule has 16 heavy (non-hydrogen) atoms. The number of ether oxygens (including phenoxy) is 2. The Morgan fingerprint density at radius 3 is 3.19 bits per heavy atom. The van der Waals surface area contributed by atoms with E-state index in [1.807, 2.05) is 18.2 Å². The highest BCUT2D eigenvalue weighted by Crippen LogP contribution is 2.41. The van der Waals surface area contributed by atoms with Crippen LogP contribution in [0.5, 0.6) is 5.88 Å². The van der Waals surface area contributed by atoms with Crippen molar-refractivity contribution in [1.82, 2.24) is 4.98 Å². The quantitative estimate of drug-likeness (QED) is 0.673. The predicted molar refractivity (Wildman–Crippen MR) is 59.5 cm³/mol. The van der Waals surface area contributed by atoms with Crippen LogP contribution in [0.1, 0.15) is 18.1 Å². The lowest BCUT2D eigenvalue weighted by atomic mass is 10.0. The molecule has 2 atom stereocenters. The molecule has 0 saturated carbocycles. The van der Waals surface area contributed by atoms with Crippen molar-refractivity contribution >= 4 is 10.9 Å². The summed E-state index contributed by atoms with van der Waals surface area (Å²) in [6.45, 7) is 0.692. The molecular formula is C13H11NO2. The summed E-state index contributed by atoms with van der Waals surface area (Å²) < 4.78 is 11.5. The van der Waals surface area contributed by atoms with Crippen LogP contribution in [-0.2, 0) is 4.74 Å². The van der Waals surface area contributed by atoms with Gasteiger partial charge in [-0.05, 0) is 12.1 Å². The molecule has 2 aliphatic rings. The fourth-order valence-corrected chi connectivity index (χ4v) is 2.49. The summed E-state index contributed by atoms with van der Waals surface area (Å²) in [6, 6.07) is 10.2. The Morgan fingerprint density at radius 1 is 1.25 bits per heavy atom. The first-order valence-corrected chi connectivity index (χ1v) is 5.58. The van der Waals surface area contributed by atoms with Gasteiger partial charge in [0.15, 0.2) is 0 Å². The van der Waals surface area contributed by atoms with Gasteiger partial charge in [0.2, 0.25) is 5.88 Å². The molecule has 0 radical (unpaired) electrons. The minimum absolute atomic E-state index is 0.186. The van der Waals surface area contributed by atoms with E-state index in [1.165, 1.54) is 0 Å². The number of para-hydroxylation sites is 1. The third-order valence-corrected chi connectivity index (χ3v) is 3.30. The van der Waals surface area contributed by atoms with Crippen molar-refractivity contribution in [1.29, 1.82) is 0 Å². The summed E-state index contributed by atoms with van der Waals surface area (Å²) in [7, 11) is 0. The lowest BCUT2D eigenvalue weighted by molar-refractivity contribution is 0.109. The summed E-state index contributed by atoms with van der Waals surface area (Å²) >= 11 is 0. The molecule has 4 rings (SSSR count). The van der Waals surface area contributed by atoms with Gasteiger partial charge in [-0.15, -0.1) is 0 Å². The van der Waals surface area contributed by atoms with Gasteiger partial charge < -0.3 is 9.47 Å². The second-order valence-electron chi connectivity index (χ2n) is 4.37. The molecule has 1 fully saturated rings. The Labute approximate surface area is 93.0 Å². The molecule has 2 unspecified atom stereocenters. The number of nitrogens with zero attached hydrogens (tertiary/aromatic N) is 1. The van der Waals surface area contributed by atoms with E-state index < -0.39 is 0 Å². The van der Waals surface area contributed by atoms with Gasteiger partial charge in [0.25, 0.3) is 0 Å². The molecule has 3 heterocycles. The fraction of sp³-hybridized carbons (Fsp3) is 0.308. The van der Waals surface area contributed by atoms with Crippen LogP contribution in [-0.4, -0.2) is 17.7 Å². The van der Waals surface area contributed by atoms with Gasteiger partial charge in [0.05, 0.1) is 18.2 Å². The van der Waals surface area contributed by atoms with Crippen LogP contribution in [0.3, 0.4) is 0 Å². The highest BCUT2D eigenvalue weighted by Gasteiger charge is 2.36. The van der Waals surface area contributed by atoms with Crippen molar-refractivity contribution in [2.75, 3.05) is 6.61 Å². The number of hydrogen-bond acceptors (Lipinski definition) is 3. The number of fused-ring (bicyclic) bond motifs is 5. The lowest BCUT2D eigenvalue weighted by Gasteiger charge is -2.21. The molecule has 3 nitrogen and oxygen atoms in total. The summed E-state index contributed by atoms with van der Waals surface area (Å²) in [6.07, 6.45) is 1.35. The van der Waals surface area contributed by atoms with E-state index in [1.54, 1.807) is 0 Å². The van der Waals surface area contributed by atoms with E-state index in [0.29, 0.717) is 6.61 Å². The average molecular weight is 213 g/mol. The third-order valence-electron chi connectivity index (χ3n) is 3.30. The van der Waals surface area contributed by atoms with Crippen molar-refractivity contribution in [3.8, 4) is 5.88 Å². The molecule has 80 valence electrons. The van der Waals surface area contributed by atoms with Crippen LogP contribution in [0.2, 0.25) is 0 Å². The zero-order valence-corrected chi connectivity index (χ0v) is 8.72. The van der Waals surface area contributed by atoms with Gasteiger partial charge >= 0.3 is 0 Å². The maximum Gasteiger partial charge on any atom is 0.220 e. The van der Waals surface area contributed by atoms with Crippen molar-refractivity contribution in [2.24, 2.45) is 0 Å². The first-order chi connectivity index (χ1) is 7.90. The van der Waals surface area contributed by atoms with E-state index >= 15 is 0 Å². The summed E-state index contributed by atoms with van der Waals surface area (Å²) in [4.78, 5) is 4.55. The molecular weight excluding hydrogens is 202 g/mol. The first-order valence-electron chi connectivity index (χ1n) is 5.58. The Kier molecular flexibility index (Phi) is 1.57. The number of benzene rings is 1. The molecule has 0 amide bonds. The van der Waals surface area contributed by atoms with Gasteiger partial charge in [-0.3, -0.25) is 0 Å². The number of aromatic nitrogens is 1. The largest absolute Gasteiger partial charge is 0.471 e. The summed E-state index contributed by atoms with van der Waals surface area (Å²) in [5.41, 5.74) is 2.09. The van der Waals surface area contributed by atoms with Gasteiger partial charge in [-0.25, -0.2) is 4.98 Å². The van der Waals surface area contributed by atoms with Crippen LogP contribution >= 0.6 is 0 Å². The Hall–Kier alpha value is -1.61. The van der Waals surface area contributed by atoms with Gasteiger partial charge in [0.1, 0.15) is 6.10 Å².